The minimum atomic E-state index is -0.109. The summed E-state index contributed by atoms with van der Waals surface area (Å²) >= 11 is 0. The molecule has 0 saturated carbocycles. The fourth-order valence-electron chi connectivity index (χ4n) is 1.93. The van der Waals surface area contributed by atoms with Crippen LogP contribution in [0.3, 0.4) is 0 Å². The molecule has 4 nitrogen and oxygen atoms in total. The molecule has 0 aliphatic carbocycles. The number of aryl methyl sites for hydroxylation is 1. The van der Waals surface area contributed by atoms with Gasteiger partial charge < -0.3 is 9.72 Å². The van der Waals surface area contributed by atoms with Gasteiger partial charge in [-0.05, 0) is 39.8 Å². The van der Waals surface area contributed by atoms with Crippen LogP contribution in [0.15, 0.2) is 29.1 Å². The van der Waals surface area contributed by atoms with E-state index < -0.39 is 0 Å². The largest absolute Gasteiger partial charge is 0.490 e. The number of aromatic nitrogens is 2. The molecule has 4 heteroatoms. The van der Waals surface area contributed by atoms with Crippen molar-refractivity contribution in [2.24, 2.45) is 0 Å². The minimum Gasteiger partial charge on any atom is -0.490 e. The van der Waals surface area contributed by atoms with E-state index in [9.17, 15) is 4.79 Å². The molecule has 0 bridgehead atoms. The highest BCUT2D eigenvalue weighted by atomic mass is 16.5. The maximum Gasteiger partial charge on any atom is 0.254 e. The first kappa shape index (κ1) is 13.3. The molecule has 0 atom stereocenters. The van der Waals surface area contributed by atoms with Crippen LogP contribution in [0.2, 0.25) is 0 Å². The van der Waals surface area contributed by atoms with Crippen LogP contribution in [0, 0.1) is 13.8 Å². The molecule has 0 aliphatic rings. The third kappa shape index (κ3) is 2.84. The monoisotopic (exact) mass is 258 g/mol. The van der Waals surface area contributed by atoms with Gasteiger partial charge in [-0.3, -0.25) is 4.79 Å². The van der Waals surface area contributed by atoms with Crippen LogP contribution in [-0.4, -0.2) is 16.1 Å². The number of H-pyrrole nitrogens is 1. The predicted octanol–water partition coefficient (Wildman–Crippen LogP) is 2.84. The SMILES string of the molecule is Cc1nc(-c2ccccc2OC(C)C)c(C)c(=O)[nH]1. The summed E-state index contributed by atoms with van der Waals surface area (Å²) in [6.07, 6.45) is 0.0737. The molecule has 1 aromatic carbocycles. The zero-order valence-corrected chi connectivity index (χ0v) is 11.7. The molecule has 100 valence electrons. The summed E-state index contributed by atoms with van der Waals surface area (Å²) in [5.74, 6) is 1.35. The quantitative estimate of drug-likeness (QED) is 0.921. The zero-order valence-electron chi connectivity index (χ0n) is 11.7. The Morgan fingerprint density at radius 1 is 1.21 bits per heavy atom. The number of rotatable bonds is 3. The van der Waals surface area contributed by atoms with Gasteiger partial charge in [0.25, 0.3) is 5.56 Å². The van der Waals surface area contributed by atoms with Crippen LogP contribution < -0.4 is 10.3 Å². The van der Waals surface area contributed by atoms with Gasteiger partial charge >= 0.3 is 0 Å². The van der Waals surface area contributed by atoms with Gasteiger partial charge in [0, 0.05) is 11.1 Å². The van der Waals surface area contributed by atoms with Crippen LogP contribution in [0.4, 0.5) is 0 Å². The molecule has 0 radical (unpaired) electrons. The van der Waals surface area contributed by atoms with Crippen molar-refractivity contribution in [1.29, 1.82) is 0 Å². The first-order valence-electron chi connectivity index (χ1n) is 6.32. The molecule has 0 unspecified atom stereocenters. The average Bonchev–Trinajstić information content (AvgIpc) is 2.34. The van der Waals surface area contributed by atoms with Crippen LogP contribution in [0.5, 0.6) is 5.75 Å². The molecule has 0 fully saturated rings. The Hall–Kier alpha value is -2.10. The number of hydrogen-bond donors (Lipinski definition) is 1. The summed E-state index contributed by atoms with van der Waals surface area (Å²) in [5.41, 5.74) is 2.02. The number of ether oxygens (including phenoxy) is 1. The Kier molecular flexibility index (Phi) is 3.69. The highest BCUT2D eigenvalue weighted by Gasteiger charge is 2.13. The van der Waals surface area contributed by atoms with Crippen molar-refractivity contribution in [1.82, 2.24) is 9.97 Å². The normalized spacial score (nSPS) is 10.8. The Morgan fingerprint density at radius 3 is 2.58 bits per heavy atom. The summed E-state index contributed by atoms with van der Waals surface area (Å²) in [4.78, 5) is 19.0. The summed E-state index contributed by atoms with van der Waals surface area (Å²) < 4.78 is 5.78. The van der Waals surface area contributed by atoms with E-state index in [1.54, 1.807) is 13.8 Å². The van der Waals surface area contributed by atoms with E-state index in [0.29, 0.717) is 17.1 Å². The lowest BCUT2D eigenvalue weighted by Crippen LogP contribution is -2.15. The standard InChI is InChI=1S/C15H18N2O2/c1-9(2)19-13-8-6-5-7-12(13)14-10(3)15(18)17-11(4)16-14/h5-9H,1-4H3,(H,16,17,18). The van der Waals surface area contributed by atoms with Gasteiger partial charge in [0.05, 0.1) is 11.8 Å². The van der Waals surface area contributed by atoms with Gasteiger partial charge in [-0.15, -0.1) is 0 Å². The third-order valence-electron chi connectivity index (χ3n) is 2.77. The van der Waals surface area contributed by atoms with Crippen molar-refractivity contribution in [2.45, 2.75) is 33.8 Å². The first-order valence-corrected chi connectivity index (χ1v) is 6.32. The average molecular weight is 258 g/mol. The van der Waals surface area contributed by atoms with E-state index in [4.69, 9.17) is 4.74 Å². The van der Waals surface area contributed by atoms with Gasteiger partial charge in [0.2, 0.25) is 0 Å². The number of hydrogen-bond acceptors (Lipinski definition) is 3. The fraction of sp³-hybridized carbons (Fsp3) is 0.333. The molecule has 0 saturated heterocycles. The summed E-state index contributed by atoms with van der Waals surface area (Å²) in [7, 11) is 0. The van der Waals surface area contributed by atoms with Crippen molar-refractivity contribution >= 4 is 0 Å². The number of nitrogens with one attached hydrogen (secondary N) is 1. The molecule has 0 aliphatic heterocycles. The lowest BCUT2D eigenvalue weighted by molar-refractivity contribution is 0.243. The molecule has 0 amide bonds. The Balaban J connectivity index is 2.62. The molecule has 1 heterocycles. The Labute approximate surface area is 112 Å². The Bertz CT molecular complexity index is 645. The lowest BCUT2D eigenvalue weighted by Gasteiger charge is -2.15. The predicted molar refractivity (Wildman–Crippen MR) is 75.5 cm³/mol. The number of nitrogens with zero attached hydrogens (tertiary/aromatic N) is 1. The van der Waals surface area contributed by atoms with E-state index in [0.717, 1.165) is 11.3 Å². The smallest absolute Gasteiger partial charge is 0.254 e. The summed E-state index contributed by atoms with van der Waals surface area (Å²) in [5, 5.41) is 0. The highest BCUT2D eigenvalue weighted by Crippen LogP contribution is 2.30. The van der Waals surface area contributed by atoms with Crippen molar-refractivity contribution in [2.75, 3.05) is 0 Å². The molecule has 1 N–H and O–H groups in total. The van der Waals surface area contributed by atoms with Crippen LogP contribution in [0.1, 0.15) is 25.2 Å². The second-order valence-electron chi connectivity index (χ2n) is 4.79. The second-order valence-corrected chi connectivity index (χ2v) is 4.79. The van der Waals surface area contributed by atoms with Crippen molar-refractivity contribution in [3.63, 3.8) is 0 Å². The third-order valence-corrected chi connectivity index (χ3v) is 2.77. The maximum atomic E-state index is 11.8. The van der Waals surface area contributed by atoms with E-state index in [1.807, 2.05) is 38.1 Å². The van der Waals surface area contributed by atoms with Crippen molar-refractivity contribution < 1.29 is 4.74 Å². The van der Waals surface area contributed by atoms with Gasteiger partial charge in [-0.2, -0.15) is 0 Å². The fourth-order valence-corrected chi connectivity index (χ4v) is 1.93. The molecule has 0 spiro atoms. The number of benzene rings is 1. The van der Waals surface area contributed by atoms with Gasteiger partial charge in [0.15, 0.2) is 0 Å². The summed E-state index contributed by atoms with van der Waals surface area (Å²) in [6.45, 7) is 7.49. The van der Waals surface area contributed by atoms with Gasteiger partial charge in [-0.1, -0.05) is 12.1 Å². The zero-order chi connectivity index (χ0) is 14.0. The lowest BCUT2D eigenvalue weighted by atomic mass is 10.1. The molecular weight excluding hydrogens is 240 g/mol. The van der Waals surface area contributed by atoms with Gasteiger partial charge in [0.1, 0.15) is 11.6 Å². The van der Waals surface area contributed by atoms with E-state index in [1.165, 1.54) is 0 Å². The summed E-state index contributed by atoms with van der Waals surface area (Å²) in [6, 6.07) is 7.65. The highest BCUT2D eigenvalue weighted by molar-refractivity contribution is 5.69. The maximum absolute atomic E-state index is 11.8. The van der Waals surface area contributed by atoms with Crippen LogP contribution >= 0.6 is 0 Å². The molecular formula is C15H18N2O2. The molecule has 19 heavy (non-hydrogen) atoms. The van der Waals surface area contributed by atoms with Crippen molar-refractivity contribution in [3.05, 3.63) is 46.0 Å². The van der Waals surface area contributed by atoms with E-state index in [2.05, 4.69) is 9.97 Å². The number of aromatic amines is 1. The number of para-hydroxylation sites is 1. The first-order chi connectivity index (χ1) is 8.99. The molecule has 2 rings (SSSR count). The topological polar surface area (TPSA) is 55.0 Å². The molecule has 2 aromatic rings. The minimum absolute atomic E-state index is 0.0737. The van der Waals surface area contributed by atoms with Crippen LogP contribution in [-0.2, 0) is 0 Å². The van der Waals surface area contributed by atoms with Crippen LogP contribution in [0.25, 0.3) is 11.3 Å². The van der Waals surface area contributed by atoms with Gasteiger partial charge in [-0.25, -0.2) is 4.98 Å². The van der Waals surface area contributed by atoms with E-state index >= 15 is 0 Å². The molecule has 1 aromatic heterocycles. The second kappa shape index (κ2) is 5.26. The van der Waals surface area contributed by atoms with Crippen molar-refractivity contribution in [3.8, 4) is 17.0 Å². The van der Waals surface area contributed by atoms with E-state index in [-0.39, 0.29) is 11.7 Å². The Morgan fingerprint density at radius 2 is 1.89 bits per heavy atom.